The van der Waals surface area contributed by atoms with Gasteiger partial charge in [-0.05, 0) is 24.0 Å². The van der Waals surface area contributed by atoms with Crippen molar-refractivity contribution in [3.63, 3.8) is 0 Å². The van der Waals surface area contributed by atoms with Crippen LogP contribution in [0.3, 0.4) is 0 Å². The Morgan fingerprint density at radius 2 is 1.75 bits per heavy atom. The minimum Gasteiger partial charge on any atom is -0.481 e. The van der Waals surface area contributed by atoms with Crippen molar-refractivity contribution in [2.75, 3.05) is 0 Å². The predicted molar refractivity (Wildman–Crippen MR) is 69.8 cm³/mol. The van der Waals surface area contributed by atoms with Crippen LogP contribution in [0.5, 0.6) is 0 Å². The van der Waals surface area contributed by atoms with Gasteiger partial charge in [-0.1, -0.05) is 24.3 Å². The molecular formula is C14H17NO5. The number of aliphatic carboxylic acids is 1. The molecule has 0 heterocycles. The highest BCUT2D eigenvalue weighted by Gasteiger charge is 2.51. The number of hydrogen-bond acceptors (Lipinski definition) is 4. The van der Waals surface area contributed by atoms with Crippen LogP contribution >= 0.6 is 0 Å². The molecule has 0 aliphatic heterocycles. The summed E-state index contributed by atoms with van der Waals surface area (Å²) in [5.74, 6) is -1.55. The Hall–Kier alpha value is -1.92. The molecule has 1 aromatic rings. The lowest BCUT2D eigenvalue weighted by molar-refractivity contribution is -0.140. The topological polar surface area (TPSA) is 121 Å². The number of aliphatic hydroxyl groups excluding tert-OH is 2. The van der Waals surface area contributed by atoms with E-state index in [-0.39, 0.29) is 6.42 Å². The number of carbonyl (C=O) groups is 2. The molecule has 1 saturated carbocycles. The highest BCUT2D eigenvalue weighted by atomic mass is 16.4. The van der Waals surface area contributed by atoms with Crippen molar-refractivity contribution in [2.45, 2.75) is 36.9 Å². The third-order valence-electron chi connectivity index (χ3n) is 3.74. The third-order valence-corrected chi connectivity index (χ3v) is 3.74. The van der Waals surface area contributed by atoms with Gasteiger partial charge in [0.25, 0.3) is 0 Å². The van der Waals surface area contributed by atoms with Gasteiger partial charge in [0, 0.05) is 0 Å². The van der Waals surface area contributed by atoms with Crippen molar-refractivity contribution in [3.8, 4) is 0 Å². The van der Waals surface area contributed by atoms with Crippen molar-refractivity contribution >= 4 is 11.9 Å². The van der Waals surface area contributed by atoms with E-state index in [1.807, 2.05) is 0 Å². The second kappa shape index (κ2) is 5.22. The largest absolute Gasteiger partial charge is 0.481 e. The lowest BCUT2D eigenvalue weighted by Gasteiger charge is -2.18. The van der Waals surface area contributed by atoms with Gasteiger partial charge in [-0.2, -0.15) is 0 Å². The van der Waals surface area contributed by atoms with Gasteiger partial charge in [0.15, 0.2) is 0 Å². The predicted octanol–water partition coefficient (Wildman–Crippen LogP) is 0.0725. The van der Waals surface area contributed by atoms with E-state index in [0.29, 0.717) is 24.0 Å². The zero-order valence-electron chi connectivity index (χ0n) is 10.8. The minimum atomic E-state index is -1.27. The summed E-state index contributed by atoms with van der Waals surface area (Å²) in [6.07, 6.45) is -1.62. The number of benzene rings is 1. The van der Waals surface area contributed by atoms with Gasteiger partial charge >= 0.3 is 5.97 Å². The zero-order valence-corrected chi connectivity index (χ0v) is 10.8. The molecule has 108 valence electrons. The normalized spacial score (nSPS) is 19.1. The highest BCUT2D eigenvalue weighted by molar-refractivity contribution is 5.84. The fourth-order valence-corrected chi connectivity index (χ4v) is 2.29. The Kier molecular flexibility index (Phi) is 3.78. The Morgan fingerprint density at radius 3 is 2.15 bits per heavy atom. The molecule has 2 atom stereocenters. The van der Waals surface area contributed by atoms with Crippen LogP contribution in [0.4, 0.5) is 0 Å². The van der Waals surface area contributed by atoms with E-state index in [0.717, 1.165) is 0 Å². The lowest BCUT2D eigenvalue weighted by Crippen LogP contribution is -2.25. The Bertz CT molecular complexity index is 521. The van der Waals surface area contributed by atoms with Crippen LogP contribution in [0.2, 0.25) is 0 Å². The minimum absolute atomic E-state index is 0.331. The third kappa shape index (κ3) is 2.66. The van der Waals surface area contributed by atoms with Crippen molar-refractivity contribution in [3.05, 3.63) is 35.4 Å². The lowest BCUT2D eigenvalue weighted by atomic mass is 9.93. The first-order valence-corrected chi connectivity index (χ1v) is 6.35. The molecule has 20 heavy (non-hydrogen) atoms. The molecule has 1 aliphatic carbocycles. The number of carboxylic acids is 1. The van der Waals surface area contributed by atoms with Gasteiger partial charge in [0.05, 0.1) is 17.9 Å². The molecule has 2 rings (SSSR count). The second-order valence-corrected chi connectivity index (χ2v) is 5.19. The first-order valence-electron chi connectivity index (χ1n) is 6.35. The summed E-state index contributed by atoms with van der Waals surface area (Å²) in [4.78, 5) is 21.9. The molecule has 0 radical (unpaired) electrons. The number of carboxylic acid groups (broad SMARTS) is 1. The van der Waals surface area contributed by atoms with Gasteiger partial charge in [-0.25, -0.2) is 0 Å². The van der Waals surface area contributed by atoms with Crippen molar-refractivity contribution in [1.29, 1.82) is 0 Å². The first-order chi connectivity index (χ1) is 9.36. The average Bonchev–Trinajstić information content (AvgIpc) is 3.18. The number of carbonyl (C=O) groups excluding carboxylic acids is 1. The van der Waals surface area contributed by atoms with Crippen LogP contribution in [0.25, 0.3) is 0 Å². The molecule has 0 bridgehead atoms. The van der Waals surface area contributed by atoms with Crippen LogP contribution in [0, 0.1) is 0 Å². The molecule has 0 spiro atoms. The van der Waals surface area contributed by atoms with Gasteiger partial charge < -0.3 is 21.1 Å². The van der Waals surface area contributed by atoms with E-state index in [1.54, 1.807) is 24.3 Å². The molecule has 1 aliphatic rings. The molecule has 1 amide bonds. The number of hydrogen-bond donors (Lipinski definition) is 4. The van der Waals surface area contributed by atoms with E-state index in [4.69, 9.17) is 5.73 Å². The highest BCUT2D eigenvalue weighted by Crippen LogP contribution is 2.48. The van der Waals surface area contributed by atoms with Crippen LogP contribution in [0.1, 0.15) is 36.5 Å². The maximum absolute atomic E-state index is 11.2. The summed E-state index contributed by atoms with van der Waals surface area (Å²) < 4.78 is 0. The maximum atomic E-state index is 11.2. The van der Waals surface area contributed by atoms with E-state index < -0.39 is 29.5 Å². The molecule has 1 aromatic carbocycles. The summed E-state index contributed by atoms with van der Waals surface area (Å²) in [6.45, 7) is 0. The smallest absolute Gasteiger partial charge is 0.314 e. The molecule has 6 heteroatoms. The van der Waals surface area contributed by atoms with Crippen LogP contribution in [-0.4, -0.2) is 33.3 Å². The molecule has 5 N–H and O–H groups in total. The molecule has 0 saturated heterocycles. The fourth-order valence-electron chi connectivity index (χ4n) is 2.29. The zero-order chi connectivity index (χ0) is 14.9. The van der Waals surface area contributed by atoms with Crippen LogP contribution in [0.15, 0.2) is 24.3 Å². The molecule has 1 fully saturated rings. The second-order valence-electron chi connectivity index (χ2n) is 5.19. The van der Waals surface area contributed by atoms with Gasteiger partial charge in [0.2, 0.25) is 5.91 Å². The number of rotatable bonds is 6. The first kappa shape index (κ1) is 14.5. The quantitative estimate of drug-likeness (QED) is 0.587. The Labute approximate surface area is 115 Å². The molecular weight excluding hydrogens is 262 g/mol. The Morgan fingerprint density at radius 1 is 1.20 bits per heavy atom. The number of aliphatic hydroxyl groups is 2. The van der Waals surface area contributed by atoms with E-state index >= 15 is 0 Å². The van der Waals surface area contributed by atoms with E-state index in [9.17, 15) is 24.9 Å². The van der Waals surface area contributed by atoms with E-state index in [2.05, 4.69) is 0 Å². The molecule has 6 nitrogen and oxygen atoms in total. The number of nitrogens with two attached hydrogens (primary N) is 1. The monoisotopic (exact) mass is 279 g/mol. The molecule has 0 aromatic heterocycles. The molecule has 2 unspecified atom stereocenters. The van der Waals surface area contributed by atoms with Crippen LogP contribution in [-0.2, 0) is 15.0 Å². The van der Waals surface area contributed by atoms with Crippen molar-refractivity contribution in [1.82, 2.24) is 0 Å². The van der Waals surface area contributed by atoms with Gasteiger partial charge in [-0.15, -0.1) is 0 Å². The SMILES string of the molecule is NC(=O)CC(O)C(O)c1ccc(C2(C(=O)O)CC2)cc1. The van der Waals surface area contributed by atoms with Crippen molar-refractivity contribution in [2.24, 2.45) is 5.73 Å². The number of amides is 1. The Balaban J connectivity index is 2.12. The summed E-state index contributed by atoms with van der Waals surface area (Å²) in [6, 6.07) is 6.40. The maximum Gasteiger partial charge on any atom is 0.314 e. The summed E-state index contributed by atoms with van der Waals surface area (Å²) >= 11 is 0. The van der Waals surface area contributed by atoms with Gasteiger partial charge in [-0.3, -0.25) is 9.59 Å². The summed E-state index contributed by atoms with van der Waals surface area (Å²) in [5.41, 5.74) is 5.27. The van der Waals surface area contributed by atoms with Crippen LogP contribution < -0.4 is 5.73 Å². The van der Waals surface area contributed by atoms with Crippen molar-refractivity contribution < 1.29 is 24.9 Å². The number of primary amides is 1. The average molecular weight is 279 g/mol. The summed E-state index contributed by atoms with van der Waals surface area (Å²) in [5, 5.41) is 28.7. The summed E-state index contributed by atoms with van der Waals surface area (Å²) in [7, 11) is 0. The standard InChI is InChI=1S/C14H17NO5/c15-11(17)7-10(16)12(18)8-1-3-9(4-2-8)14(5-6-14)13(19)20/h1-4,10,12,16,18H,5-7H2,(H2,15,17)(H,19,20). The van der Waals surface area contributed by atoms with E-state index in [1.165, 1.54) is 0 Å². The fraction of sp³-hybridized carbons (Fsp3) is 0.429. The van der Waals surface area contributed by atoms with Gasteiger partial charge in [0.1, 0.15) is 6.10 Å².